The van der Waals surface area contributed by atoms with Gasteiger partial charge in [-0.1, -0.05) is 26.7 Å². The third kappa shape index (κ3) is 11.2. The molecule has 0 bridgehead atoms. The van der Waals surface area contributed by atoms with Crippen molar-refractivity contribution in [1.82, 2.24) is 26.6 Å². The predicted octanol–water partition coefficient (Wildman–Crippen LogP) is -1.47. The molecule has 0 aromatic rings. The molecule has 0 radical (unpaired) electrons. The summed E-state index contributed by atoms with van der Waals surface area (Å²) in [5.74, 6) is -3.64. The Bertz CT molecular complexity index is 640. The van der Waals surface area contributed by atoms with E-state index in [1.807, 2.05) is 6.92 Å². The van der Waals surface area contributed by atoms with Gasteiger partial charge in [0, 0.05) is 0 Å². The first-order chi connectivity index (χ1) is 14.0. The topological polar surface area (TPSA) is 186 Å². The summed E-state index contributed by atoms with van der Waals surface area (Å²) in [5, 5.41) is 12.3. The second-order valence-electron chi connectivity index (χ2n) is 6.84. The van der Waals surface area contributed by atoms with Gasteiger partial charge in [-0.2, -0.15) is 0 Å². The Morgan fingerprint density at radius 2 is 1.33 bits per heavy atom. The standard InChI is InChI=1S/C17H34N5O7P/c1-5-7-12(21-15(24)10-19-14(23)9-18-4)17(26)22-13(8-6-2)16(25)20-11(3)30(27,28)29/h11-13,18H,5-10H2,1-4H3,(H,19,23)(H,20,25)(H,21,24)(H,22,26)(H2,27,28,29)/t11-,12+,13+/m1/s1. The van der Waals surface area contributed by atoms with Crippen LogP contribution in [0.1, 0.15) is 46.5 Å². The summed E-state index contributed by atoms with van der Waals surface area (Å²) in [6.45, 7) is 4.53. The highest BCUT2D eigenvalue weighted by Crippen LogP contribution is 2.39. The lowest BCUT2D eigenvalue weighted by Gasteiger charge is -2.24. The van der Waals surface area contributed by atoms with E-state index in [0.717, 1.165) is 0 Å². The Kier molecular flexibility index (Phi) is 13.1. The van der Waals surface area contributed by atoms with Gasteiger partial charge >= 0.3 is 7.60 Å². The molecule has 0 spiro atoms. The van der Waals surface area contributed by atoms with E-state index in [4.69, 9.17) is 9.79 Å². The van der Waals surface area contributed by atoms with Crippen LogP contribution in [0.2, 0.25) is 0 Å². The van der Waals surface area contributed by atoms with Crippen LogP contribution in [0.15, 0.2) is 0 Å². The van der Waals surface area contributed by atoms with E-state index in [9.17, 15) is 23.7 Å². The molecule has 0 rings (SSSR count). The molecule has 0 aliphatic carbocycles. The molecule has 13 heteroatoms. The number of nitrogens with one attached hydrogen (secondary N) is 5. The summed E-state index contributed by atoms with van der Waals surface area (Å²) in [6, 6.07) is -1.93. The van der Waals surface area contributed by atoms with Crippen LogP contribution < -0.4 is 26.6 Å². The van der Waals surface area contributed by atoms with Crippen LogP contribution in [0.4, 0.5) is 0 Å². The highest BCUT2D eigenvalue weighted by molar-refractivity contribution is 7.52. The van der Waals surface area contributed by atoms with E-state index in [1.165, 1.54) is 6.92 Å². The summed E-state index contributed by atoms with van der Waals surface area (Å²) < 4.78 is 11.2. The molecule has 0 aliphatic heterocycles. The molecule has 174 valence electrons. The fourth-order valence-corrected chi connectivity index (χ4v) is 2.72. The predicted molar refractivity (Wildman–Crippen MR) is 110 cm³/mol. The molecule has 0 aromatic carbocycles. The quantitative estimate of drug-likeness (QED) is 0.156. The molecule has 0 aromatic heterocycles. The third-order valence-electron chi connectivity index (χ3n) is 4.08. The van der Waals surface area contributed by atoms with Gasteiger partial charge in [-0.05, 0) is 26.8 Å². The first kappa shape index (κ1) is 28.0. The Balaban J connectivity index is 5.00. The minimum atomic E-state index is -4.51. The van der Waals surface area contributed by atoms with Crippen molar-refractivity contribution in [1.29, 1.82) is 0 Å². The maximum absolute atomic E-state index is 12.6. The van der Waals surface area contributed by atoms with Gasteiger partial charge < -0.3 is 36.4 Å². The smallest absolute Gasteiger partial charge is 0.346 e. The molecule has 0 saturated carbocycles. The first-order valence-corrected chi connectivity index (χ1v) is 11.5. The van der Waals surface area contributed by atoms with Crippen LogP contribution in [-0.2, 0) is 23.7 Å². The fourth-order valence-electron chi connectivity index (χ4n) is 2.43. The monoisotopic (exact) mass is 451 g/mol. The lowest BCUT2D eigenvalue weighted by Crippen LogP contribution is -2.55. The Hall–Kier alpha value is -2.01. The van der Waals surface area contributed by atoms with Gasteiger partial charge in [0.1, 0.15) is 17.9 Å². The number of carbonyl (C=O) groups is 4. The summed E-state index contributed by atoms with van der Waals surface area (Å²) >= 11 is 0. The average molecular weight is 451 g/mol. The van der Waals surface area contributed by atoms with E-state index in [2.05, 4.69) is 26.6 Å². The van der Waals surface area contributed by atoms with Gasteiger partial charge in [-0.25, -0.2) is 0 Å². The van der Waals surface area contributed by atoms with Gasteiger partial charge in [-0.3, -0.25) is 23.7 Å². The van der Waals surface area contributed by atoms with Crippen molar-refractivity contribution in [3.8, 4) is 0 Å². The molecule has 0 saturated heterocycles. The largest absolute Gasteiger partial charge is 0.347 e. The van der Waals surface area contributed by atoms with Crippen LogP contribution in [0.5, 0.6) is 0 Å². The SMILES string of the molecule is CCC[C@H](NC(=O)CNC(=O)CNC)C(=O)N[C@@H](CCC)C(=O)N[C@@H](C)P(=O)(O)O. The lowest BCUT2D eigenvalue weighted by molar-refractivity contribution is -0.132. The van der Waals surface area contributed by atoms with Crippen molar-refractivity contribution in [3.05, 3.63) is 0 Å². The average Bonchev–Trinajstić information content (AvgIpc) is 2.65. The molecule has 30 heavy (non-hydrogen) atoms. The summed E-state index contributed by atoms with van der Waals surface area (Å²) in [4.78, 5) is 66.7. The second-order valence-corrected chi connectivity index (χ2v) is 8.79. The van der Waals surface area contributed by atoms with E-state index in [1.54, 1.807) is 14.0 Å². The zero-order valence-corrected chi connectivity index (χ0v) is 18.8. The Labute approximate surface area is 176 Å². The number of hydrogen-bond donors (Lipinski definition) is 7. The molecule has 0 aliphatic rings. The van der Waals surface area contributed by atoms with Crippen LogP contribution in [0.25, 0.3) is 0 Å². The first-order valence-electron chi connectivity index (χ1n) is 9.82. The minimum absolute atomic E-state index is 0.0486. The fraction of sp³-hybridized carbons (Fsp3) is 0.765. The van der Waals surface area contributed by atoms with Crippen molar-refractivity contribution in [3.63, 3.8) is 0 Å². The molecule has 0 heterocycles. The van der Waals surface area contributed by atoms with Gasteiger partial charge in [0.2, 0.25) is 23.6 Å². The molecule has 7 N–H and O–H groups in total. The lowest BCUT2D eigenvalue weighted by atomic mass is 10.1. The van der Waals surface area contributed by atoms with E-state index in [0.29, 0.717) is 19.3 Å². The third-order valence-corrected chi connectivity index (χ3v) is 5.22. The number of amides is 4. The Morgan fingerprint density at radius 3 is 1.80 bits per heavy atom. The van der Waals surface area contributed by atoms with Crippen molar-refractivity contribution in [2.24, 2.45) is 0 Å². The minimum Gasteiger partial charge on any atom is -0.346 e. The van der Waals surface area contributed by atoms with Crippen molar-refractivity contribution in [2.75, 3.05) is 20.1 Å². The highest BCUT2D eigenvalue weighted by Gasteiger charge is 2.30. The van der Waals surface area contributed by atoms with Gasteiger partial charge in [0.25, 0.3) is 0 Å². The number of hydrogen-bond acceptors (Lipinski definition) is 6. The summed E-state index contributed by atoms with van der Waals surface area (Å²) in [7, 11) is -2.93. The maximum Gasteiger partial charge on any atom is 0.347 e. The van der Waals surface area contributed by atoms with Crippen molar-refractivity contribution < 1.29 is 33.5 Å². The van der Waals surface area contributed by atoms with Crippen LogP contribution in [-0.4, -0.2) is 71.4 Å². The zero-order chi connectivity index (χ0) is 23.3. The van der Waals surface area contributed by atoms with Crippen molar-refractivity contribution >= 4 is 31.2 Å². The normalized spacial score (nSPS) is 14.2. The molecule has 3 atom stereocenters. The van der Waals surface area contributed by atoms with E-state index in [-0.39, 0.29) is 25.4 Å². The Morgan fingerprint density at radius 1 is 0.833 bits per heavy atom. The second kappa shape index (κ2) is 14.1. The molecule has 4 amide bonds. The number of likely N-dealkylation sites (N-methyl/N-ethyl adjacent to an activating group) is 1. The molecule has 0 unspecified atom stereocenters. The van der Waals surface area contributed by atoms with E-state index >= 15 is 0 Å². The maximum atomic E-state index is 12.6. The van der Waals surface area contributed by atoms with Gasteiger partial charge in [-0.15, -0.1) is 0 Å². The molecular formula is C17H34N5O7P. The van der Waals surface area contributed by atoms with Crippen LogP contribution in [0.3, 0.4) is 0 Å². The summed E-state index contributed by atoms with van der Waals surface area (Å²) in [5.41, 5.74) is 0. The van der Waals surface area contributed by atoms with Crippen LogP contribution >= 0.6 is 7.60 Å². The molecular weight excluding hydrogens is 417 g/mol. The van der Waals surface area contributed by atoms with Gasteiger partial charge in [0.05, 0.1) is 13.1 Å². The molecule has 0 fully saturated rings. The zero-order valence-electron chi connectivity index (χ0n) is 17.9. The number of carbonyl (C=O) groups excluding carboxylic acids is 4. The van der Waals surface area contributed by atoms with Crippen LogP contribution in [0, 0.1) is 0 Å². The van der Waals surface area contributed by atoms with E-state index < -0.39 is 43.2 Å². The van der Waals surface area contributed by atoms with Crippen molar-refractivity contribution in [2.45, 2.75) is 64.3 Å². The van der Waals surface area contributed by atoms with Gasteiger partial charge in [0.15, 0.2) is 0 Å². The summed E-state index contributed by atoms with van der Waals surface area (Å²) in [6.07, 6.45) is 1.66. The molecule has 12 nitrogen and oxygen atoms in total. The highest BCUT2D eigenvalue weighted by atomic mass is 31.2. The number of rotatable bonds is 14.